The predicted molar refractivity (Wildman–Crippen MR) is 83.3 cm³/mol. The van der Waals surface area contributed by atoms with Crippen molar-refractivity contribution in [2.24, 2.45) is 5.92 Å². The van der Waals surface area contributed by atoms with Gasteiger partial charge in [0.2, 0.25) is 0 Å². The fraction of sp³-hybridized carbons (Fsp3) is 0.412. The van der Waals surface area contributed by atoms with Crippen LogP contribution in [0.3, 0.4) is 0 Å². The van der Waals surface area contributed by atoms with Crippen LogP contribution in [0.1, 0.15) is 23.2 Å². The van der Waals surface area contributed by atoms with Crippen molar-refractivity contribution in [2.75, 3.05) is 14.2 Å². The molecule has 4 nitrogen and oxygen atoms in total. The molecule has 0 fully saturated rings. The number of aromatic amines is 1. The monoisotopic (exact) mass is 286 g/mol. The van der Waals surface area contributed by atoms with Crippen molar-refractivity contribution >= 4 is 6.29 Å². The van der Waals surface area contributed by atoms with Crippen molar-refractivity contribution in [1.29, 1.82) is 0 Å². The third-order valence-corrected chi connectivity index (χ3v) is 3.78. The van der Waals surface area contributed by atoms with E-state index < -0.39 is 0 Å². The summed E-state index contributed by atoms with van der Waals surface area (Å²) in [6.07, 6.45) is 3.75. The Hall–Kier alpha value is -1.94. The van der Waals surface area contributed by atoms with Crippen LogP contribution in [-0.2, 0) is 22.4 Å². The minimum Gasteiger partial charge on any atom is -0.388 e. The molecule has 21 heavy (non-hydrogen) atoms. The first kappa shape index (κ1) is 15.4. The number of carbonyl (C=O) groups is 1. The van der Waals surface area contributed by atoms with Gasteiger partial charge >= 0.3 is 0 Å². The lowest BCUT2D eigenvalue weighted by Gasteiger charge is -2.17. The minimum atomic E-state index is 0.155. The highest BCUT2D eigenvalue weighted by molar-refractivity contribution is 5.68. The predicted octanol–water partition coefficient (Wildman–Crippen LogP) is 2.95. The molecule has 112 valence electrons. The Kier molecular flexibility index (Phi) is 5.28. The van der Waals surface area contributed by atoms with E-state index in [1.54, 1.807) is 14.2 Å². The first-order valence-electron chi connectivity index (χ1n) is 7.18. The number of nitrogens with zero attached hydrogens (tertiary/aromatic N) is 1. The number of hydrogen-bond acceptors (Lipinski definition) is 3. The van der Waals surface area contributed by atoms with Gasteiger partial charge in [-0.25, -0.2) is 0 Å². The molecule has 0 radical (unpaired) electrons. The zero-order valence-corrected chi connectivity index (χ0v) is 12.8. The van der Waals surface area contributed by atoms with E-state index >= 15 is 0 Å². The Morgan fingerprint density at radius 1 is 1.33 bits per heavy atom. The molecule has 1 aliphatic rings. The van der Waals surface area contributed by atoms with E-state index in [2.05, 4.69) is 34.0 Å². The van der Waals surface area contributed by atoms with Gasteiger partial charge in [0.1, 0.15) is 6.29 Å². The van der Waals surface area contributed by atoms with Crippen LogP contribution in [0.15, 0.2) is 24.3 Å². The average molecular weight is 286 g/mol. The maximum Gasteiger partial charge on any atom is 0.123 e. The van der Waals surface area contributed by atoms with Gasteiger partial charge in [-0.2, -0.15) is 5.10 Å². The molecule has 4 heteroatoms. The number of rotatable bonds is 2. The molecule has 0 spiro atoms. The number of aryl methyl sites for hydroxylation is 1. The Morgan fingerprint density at radius 3 is 2.71 bits per heavy atom. The van der Waals surface area contributed by atoms with Crippen LogP contribution in [0.25, 0.3) is 11.3 Å². The van der Waals surface area contributed by atoms with Crippen molar-refractivity contribution in [1.82, 2.24) is 10.2 Å². The summed E-state index contributed by atoms with van der Waals surface area (Å²) < 4.78 is 4.25. The Labute approximate surface area is 125 Å². The lowest BCUT2D eigenvalue weighted by Crippen LogP contribution is -2.14. The largest absolute Gasteiger partial charge is 0.388 e. The molecule has 1 aromatic heterocycles. The third kappa shape index (κ3) is 3.39. The molecule has 0 aliphatic heterocycles. The minimum absolute atomic E-state index is 0.155. The molecule has 0 bridgehead atoms. The molecule has 1 atom stereocenters. The highest BCUT2D eigenvalue weighted by Gasteiger charge is 2.24. The van der Waals surface area contributed by atoms with Crippen molar-refractivity contribution in [3.05, 3.63) is 41.1 Å². The number of H-pyrrole nitrogens is 1. The fourth-order valence-electron chi connectivity index (χ4n) is 2.71. The fourth-order valence-corrected chi connectivity index (χ4v) is 2.71. The van der Waals surface area contributed by atoms with Gasteiger partial charge in [0.05, 0.1) is 5.69 Å². The zero-order valence-electron chi connectivity index (χ0n) is 12.8. The summed E-state index contributed by atoms with van der Waals surface area (Å²) in [6, 6.07) is 8.30. The van der Waals surface area contributed by atoms with Gasteiger partial charge in [-0.1, -0.05) is 24.3 Å². The molecular formula is C17H22N2O2. The number of fused-ring (bicyclic) bond motifs is 1. The van der Waals surface area contributed by atoms with E-state index in [0.717, 1.165) is 36.9 Å². The number of ether oxygens (including phenoxy) is 1. The van der Waals surface area contributed by atoms with E-state index in [1.165, 1.54) is 16.7 Å². The molecule has 1 aliphatic carbocycles. The molecule has 1 heterocycles. The van der Waals surface area contributed by atoms with Crippen LogP contribution in [0.5, 0.6) is 0 Å². The average Bonchev–Trinajstić information content (AvgIpc) is 2.91. The molecule has 1 N–H and O–H groups in total. The second kappa shape index (κ2) is 7.18. The quantitative estimate of drug-likeness (QED) is 0.864. The van der Waals surface area contributed by atoms with Gasteiger partial charge in [-0.3, -0.25) is 5.10 Å². The molecular weight excluding hydrogens is 264 g/mol. The van der Waals surface area contributed by atoms with Gasteiger partial charge in [0.15, 0.2) is 0 Å². The number of methoxy groups -OCH3 is 1. The van der Waals surface area contributed by atoms with Gasteiger partial charge in [0, 0.05) is 37.0 Å². The Balaban J connectivity index is 0.000000497. The molecule has 0 saturated carbocycles. The number of nitrogens with one attached hydrogen (secondary N) is 1. The smallest absolute Gasteiger partial charge is 0.123 e. The van der Waals surface area contributed by atoms with E-state index in [9.17, 15) is 4.79 Å². The zero-order chi connectivity index (χ0) is 15.2. The standard InChI is InChI=1S/C15H16N2O.C2H6O/c1-10-4-2-3-5-12(10)15-13-7-6-11(9-18)8-14(13)16-17-15;1-3-2/h2-5,9,11H,6-8H2,1H3,(H,16,17);1-2H3. The molecule has 3 rings (SSSR count). The highest BCUT2D eigenvalue weighted by atomic mass is 16.4. The molecule has 2 aromatic rings. The van der Waals surface area contributed by atoms with E-state index in [-0.39, 0.29) is 5.92 Å². The summed E-state index contributed by atoms with van der Waals surface area (Å²) in [7, 11) is 3.25. The molecule has 1 aromatic carbocycles. The summed E-state index contributed by atoms with van der Waals surface area (Å²) in [5, 5.41) is 7.56. The SMILES string of the molecule is COC.Cc1ccccc1-c1n[nH]c2c1CCC(C=O)C2. The summed E-state index contributed by atoms with van der Waals surface area (Å²) in [4.78, 5) is 10.9. The van der Waals surface area contributed by atoms with Gasteiger partial charge in [-0.15, -0.1) is 0 Å². The topological polar surface area (TPSA) is 55.0 Å². The number of carbonyl (C=O) groups excluding carboxylic acids is 1. The summed E-state index contributed by atoms with van der Waals surface area (Å²) >= 11 is 0. The second-order valence-electron chi connectivity index (χ2n) is 5.39. The van der Waals surface area contributed by atoms with E-state index in [0.29, 0.717) is 0 Å². The lowest BCUT2D eigenvalue weighted by molar-refractivity contribution is -0.111. The molecule has 1 unspecified atom stereocenters. The van der Waals surface area contributed by atoms with Gasteiger partial charge < -0.3 is 9.53 Å². The number of hydrogen-bond donors (Lipinski definition) is 1. The van der Waals surface area contributed by atoms with Crippen LogP contribution in [-0.4, -0.2) is 30.7 Å². The normalized spacial score (nSPS) is 16.6. The van der Waals surface area contributed by atoms with Crippen molar-refractivity contribution < 1.29 is 9.53 Å². The second-order valence-corrected chi connectivity index (χ2v) is 5.39. The third-order valence-electron chi connectivity index (χ3n) is 3.78. The Morgan fingerprint density at radius 2 is 2.05 bits per heavy atom. The van der Waals surface area contributed by atoms with Crippen LogP contribution in [0.4, 0.5) is 0 Å². The first-order valence-corrected chi connectivity index (χ1v) is 7.18. The highest BCUT2D eigenvalue weighted by Crippen LogP contribution is 2.32. The van der Waals surface area contributed by atoms with Crippen molar-refractivity contribution in [2.45, 2.75) is 26.2 Å². The summed E-state index contributed by atoms with van der Waals surface area (Å²) in [6.45, 7) is 2.10. The van der Waals surface area contributed by atoms with Crippen LogP contribution in [0, 0.1) is 12.8 Å². The van der Waals surface area contributed by atoms with Crippen molar-refractivity contribution in [3.8, 4) is 11.3 Å². The summed E-state index contributed by atoms with van der Waals surface area (Å²) in [5.74, 6) is 0.155. The maximum atomic E-state index is 10.9. The first-order chi connectivity index (χ1) is 10.2. The summed E-state index contributed by atoms with van der Waals surface area (Å²) in [5.41, 5.74) is 5.93. The van der Waals surface area contributed by atoms with E-state index in [1.807, 2.05) is 12.1 Å². The van der Waals surface area contributed by atoms with Crippen LogP contribution < -0.4 is 0 Å². The number of aromatic nitrogens is 2. The Bertz CT molecular complexity index is 605. The molecule has 0 saturated heterocycles. The van der Waals surface area contributed by atoms with Crippen LogP contribution >= 0.6 is 0 Å². The van der Waals surface area contributed by atoms with Crippen LogP contribution in [0.2, 0.25) is 0 Å². The van der Waals surface area contributed by atoms with Crippen molar-refractivity contribution in [3.63, 3.8) is 0 Å². The maximum absolute atomic E-state index is 10.9. The number of aldehydes is 1. The molecule has 0 amide bonds. The van der Waals surface area contributed by atoms with Gasteiger partial charge in [0.25, 0.3) is 0 Å². The van der Waals surface area contributed by atoms with Gasteiger partial charge in [-0.05, 0) is 31.7 Å². The van der Waals surface area contributed by atoms with E-state index in [4.69, 9.17) is 0 Å². The lowest BCUT2D eigenvalue weighted by atomic mass is 9.86. The number of benzene rings is 1.